The summed E-state index contributed by atoms with van der Waals surface area (Å²) in [5.74, 6) is 0.226. The Kier molecular flexibility index (Phi) is 3.17. The zero-order valence-corrected chi connectivity index (χ0v) is 10.4. The van der Waals surface area contributed by atoms with Gasteiger partial charge in [-0.25, -0.2) is 9.67 Å². The Balaban J connectivity index is 2.35. The van der Waals surface area contributed by atoms with Crippen LogP contribution < -0.4 is 5.73 Å². The zero-order chi connectivity index (χ0) is 11.7. The van der Waals surface area contributed by atoms with E-state index in [1.165, 1.54) is 22.5 Å². The molecule has 0 radical (unpaired) electrons. The van der Waals surface area contributed by atoms with Gasteiger partial charge in [-0.2, -0.15) is 0 Å². The van der Waals surface area contributed by atoms with Crippen molar-refractivity contribution < 1.29 is 0 Å². The van der Waals surface area contributed by atoms with Crippen LogP contribution in [-0.2, 0) is 7.05 Å². The van der Waals surface area contributed by atoms with E-state index < -0.39 is 0 Å². The number of aryl methyl sites for hydroxylation is 1. The maximum atomic E-state index is 5.97. The molecule has 0 saturated heterocycles. The van der Waals surface area contributed by atoms with Crippen molar-refractivity contribution in [3.63, 3.8) is 0 Å². The highest BCUT2D eigenvalue weighted by molar-refractivity contribution is 7.99. The van der Waals surface area contributed by atoms with Crippen LogP contribution in [0, 0.1) is 0 Å². The summed E-state index contributed by atoms with van der Waals surface area (Å²) < 4.78 is 1.51. The Morgan fingerprint density at radius 3 is 2.75 bits per heavy atom. The van der Waals surface area contributed by atoms with Gasteiger partial charge in [0.1, 0.15) is 10.8 Å². The summed E-state index contributed by atoms with van der Waals surface area (Å²) in [6.07, 6.45) is 0. The predicted molar refractivity (Wildman–Crippen MR) is 61.6 cm³/mol. The van der Waals surface area contributed by atoms with Crippen LogP contribution in [0.15, 0.2) is 16.2 Å². The molecule has 2 heterocycles. The van der Waals surface area contributed by atoms with Crippen molar-refractivity contribution in [3.8, 4) is 0 Å². The second-order valence-corrected chi connectivity index (χ2v) is 4.60. The molecule has 0 aliphatic rings. The van der Waals surface area contributed by atoms with Crippen molar-refractivity contribution in [1.82, 2.24) is 25.2 Å². The molecule has 0 aliphatic carbocycles. The Hall–Kier alpha value is -1.05. The molecular formula is C7H6Cl2N6S. The van der Waals surface area contributed by atoms with Gasteiger partial charge in [-0.15, -0.1) is 5.10 Å². The molecule has 9 heteroatoms. The quantitative estimate of drug-likeness (QED) is 0.898. The van der Waals surface area contributed by atoms with Gasteiger partial charge in [0.15, 0.2) is 0 Å². The van der Waals surface area contributed by atoms with Gasteiger partial charge in [0.25, 0.3) is 0 Å². The Bertz CT molecular complexity index is 528. The first-order valence-electron chi connectivity index (χ1n) is 4.09. The van der Waals surface area contributed by atoms with Crippen LogP contribution in [-0.4, -0.2) is 25.2 Å². The lowest BCUT2D eigenvalue weighted by Gasteiger charge is -2.04. The Morgan fingerprint density at radius 2 is 2.12 bits per heavy atom. The summed E-state index contributed by atoms with van der Waals surface area (Å²) >= 11 is 13.0. The highest BCUT2D eigenvalue weighted by atomic mass is 35.5. The summed E-state index contributed by atoms with van der Waals surface area (Å²) in [4.78, 5) is 4.06. The van der Waals surface area contributed by atoms with E-state index in [0.29, 0.717) is 20.2 Å². The summed E-state index contributed by atoms with van der Waals surface area (Å²) in [6.45, 7) is 0. The highest BCUT2D eigenvalue weighted by Gasteiger charge is 2.12. The van der Waals surface area contributed by atoms with Crippen LogP contribution in [0.3, 0.4) is 0 Å². The molecule has 0 bridgehead atoms. The van der Waals surface area contributed by atoms with Crippen LogP contribution >= 0.6 is 35.0 Å². The fourth-order valence-electron chi connectivity index (χ4n) is 0.929. The third kappa shape index (κ3) is 2.21. The normalized spacial score (nSPS) is 10.7. The van der Waals surface area contributed by atoms with Crippen LogP contribution in [0.2, 0.25) is 10.0 Å². The molecule has 0 spiro atoms. The monoisotopic (exact) mass is 276 g/mol. The lowest BCUT2D eigenvalue weighted by molar-refractivity contribution is 0.664. The molecule has 0 atom stereocenters. The Morgan fingerprint density at radius 1 is 1.38 bits per heavy atom. The molecule has 0 saturated carbocycles. The van der Waals surface area contributed by atoms with Gasteiger partial charge in [-0.1, -0.05) is 23.2 Å². The number of pyridine rings is 1. The van der Waals surface area contributed by atoms with Gasteiger partial charge in [0.05, 0.1) is 10.0 Å². The standard InChI is InChI=1S/C7H6Cl2N6S/c1-15-7(12-13-14-15)16-6-4(9)2-3(8)5(10)11-6/h2H,1H3,(H2,10,11). The van der Waals surface area contributed by atoms with Gasteiger partial charge in [-0.05, 0) is 28.3 Å². The number of tetrazole rings is 1. The van der Waals surface area contributed by atoms with Crippen molar-refractivity contribution in [3.05, 3.63) is 16.1 Å². The fourth-order valence-corrected chi connectivity index (χ4v) is 2.12. The third-order valence-electron chi connectivity index (χ3n) is 1.69. The maximum Gasteiger partial charge on any atom is 0.215 e. The second kappa shape index (κ2) is 4.44. The number of nitrogens with zero attached hydrogens (tertiary/aromatic N) is 5. The van der Waals surface area contributed by atoms with Crippen LogP contribution in [0.4, 0.5) is 5.82 Å². The molecule has 0 fully saturated rings. The fraction of sp³-hybridized carbons (Fsp3) is 0.143. The lowest BCUT2D eigenvalue weighted by atomic mass is 10.5. The largest absolute Gasteiger partial charge is 0.382 e. The average Bonchev–Trinajstić information content (AvgIpc) is 2.61. The number of hydrogen-bond donors (Lipinski definition) is 1. The Labute approximate surface area is 105 Å². The second-order valence-electron chi connectivity index (χ2n) is 2.83. The molecule has 2 aromatic rings. The molecule has 2 rings (SSSR count). The van der Waals surface area contributed by atoms with Gasteiger partial charge in [-0.3, -0.25) is 0 Å². The molecular weight excluding hydrogens is 271 g/mol. The summed E-state index contributed by atoms with van der Waals surface area (Å²) in [6, 6.07) is 1.54. The molecule has 2 aromatic heterocycles. The first-order chi connectivity index (χ1) is 7.58. The van der Waals surface area contributed by atoms with E-state index in [4.69, 9.17) is 28.9 Å². The molecule has 6 nitrogen and oxygen atoms in total. The minimum atomic E-state index is 0.226. The minimum Gasteiger partial charge on any atom is -0.382 e. The van der Waals surface area contributed by atoms with Crippen molar-refractivity contribution >= 4 is 40.8 Å². The van der Waals surface area contributed by atoms with Crippen LogP contribution in [0.5, 0.6) is 0 Å². The first-order valence-corrected chi connectivity index (χ1v) is 5.67. The number of halogens is 2. The number of anilines is 1. The number of nitrogens with two attached hydrogens (primary N) is 1. The van der Waals surface area contributed by atoms with E-state index in [9.17, 15) is 0 Å². The molecule has 16 heavy (non-hydrogen) atoms. The third-order valence-corrected chi connectivity index (χ3v) is 3.43. The summed E-state index contributed by atoms with van der Waals surface area (Å²) in [5, 5.41) is 12.8. The molecule has 0 aromatic carbocycles. The molecule has 0 amide bonds. The van der Waals surface area contributed by atoms with Crippen molar-refractivity contribution in [2.24, 2.45) is 7.05 Å². The van der Waals surface area contributed by atoms with Crippen molar-refractivity contribution in [2.45, 2.75) is 10.2 Å². The van der Waals surface area contributed by atoms with E-state index >= 15 is 0 Å². The van der Waals surface area contributed by atoms with E-state index in [2.05, 4.69) is 20.5 Å². The SMILES string of the molecule is Cn1nnnc1Sc1nc(N)c(Cl)cc1Cl. The van der Waals surface area contributed by atoms with E-state index in [-0.39, 0.29) is 5.82 Å². The number of nitrogen functional groups attached to an aromatic ring is 1. The molecule has 2 N–H and O–H groups in total. The van der Waals surface area contributed by atoms with Gasteiger partial charge in [0, 0.05) is 7.05 Å². The van der Waals surface area contributed by atoms with Gasteiger partial charge < -0.3 is 5.73 Å². The lowest BCUT2D eigenvalue weighted by Crippen LogP contribution is -1.96. The number of rotatable bonds is 2. The van der Waals surface area contributed by atoms with Gasteiger partial charge >= 0.3 is 0 Å². The molecule has 84 valence electrons. The van der Waals surface area contributed by atoms with Crippen molar-refractivity contribution in [1.29, 1.82) is 0 Å². The zero-order valence-electron chi connectivity index (χ0n) is 8.05. The highest BCUT2D eigenvalue weighted by Crippen LogP contribution is 2.33. The first kappa shape index (κ1) is 11.4. The van der Waals surface area contributed by atoms with Crippen molar-refractivity contribution in [2.75, 3.05) is 5.73 Å². The maximum absolute atomic E-state index is 5.97. The van der Waals surface area contributed by atoms with Gasteiger partial charge in [0.2, 0.25) is 5.16 Å². The number of aromatic nitrogens is 5. The number of hydrogen-bond acceptors (Lipinski definition) is 6. The van der Waals surface area contributed by atoms with E-state index in [1.807, 2.05) is 0 Å². The smallest absolute Gasteiger partial charge is 0.215 e. The van der Waals surface area contributed by atoms with Crippen LogP contribution in [0.1, 0.15) is 0 Å². The average molecular weight is 277 g/mol. The predicted octanol–water partition coefficient (Wildman–Crippen LogP) is 1.65. The summed E-state index contributed by atoms with van der Waals surface area (Å²) in [7, 11) is 1.72. The van der Waals surface area contributed by atoms with Crippen LogP contribution in [0.25, 0.3) is 0 Å². The minimum absolute atomic E-state index is 0.226. The topological polar surface area (TPSA) is 82.5 Å². The van der Waals surface area contributed by atoms with E-state index in [1.54, 1.807) is 7.05 Å². The van der Waals surface area contributed by atoms with E-state index in [0.717, 1.165) is 0 Å². The molecule has 0 aliphatic heterocycles. The molecule has 0 unspecified atom stereocenters. The summed E-state index contributed by atoms with van der Waals surface area (Å²) in [5.41, 5.74) is 5.58.